The number of amides is 1. The number of rotatable bonds is 10. The molecule has 5 rings (SSSR count). The van der Waals surface area contributed by atoms with E-state index in [0.29, 0.717) is 19.3 Å². The van der Waals surface area contributed by atoms with Crippen LogP contribution in [0.4, 0.5) is 0 Å². The van der Waals surface area contributed by atoms with Crippen LogP contribution in [0.5, 0.6) is 0 Å². The summed E-state index contributed by atoms with van der Waals surface area (Å²) < 4.78 is 21.4. The summed E-state index contributed by atoms with van der Waals surface area (Å²) in [5, 5.41) is 14.4. The number of allylic oxidation sites excluding steroid dienone is 4. The topological polar surface area (TPSA) is 123 Å². The van der Waals surface area contributed by atoms with Crippen molar-refractivity contribution < 1.29 is 33.7 Å². The van der Waals surface area contributed by atoms with E-state index in [2.05, 4.69) is 42.5 Å². The monoisotopic (exact) mass is 580 g/mol. The lowest BCUT2D eigenvalue weighted by Gasteiger charge is -2.59. The Balaban J connectivity index is 1.39. The van der Waals surface area contributed by atoms with Gasteiger partial charge < -0.3 is 24.6 Å². The summed E-state index contributed by atoms with van der Waals surface area (Å²) in [6, 6.07) is 0. The average molecular weight is 581 g/mol. The van der Waals surface area contributed by atoms with Crippen LogP contribution in [-0.4, -0.2) is 66.6 Å². The third-order valence-corrected chi connectivity index (χ3v) is 10.8. The lowest BCUT2D eigenvalue weighted by molar-refractivity contribution is -0.201. The van der Waals surface area contributed by atoms with Gasteiger partial charge in [-0.1, -0.05) is 50.5 Å². The van der Waals surface area contributed by atoms with Crippen molar-refractivity contribution >= 4 is 40.1 Å². The number of aliphatic hydroxyl groups excluding tert-OH is 1. The fourth-order valence-corrected chi connectivity index (χ4v) is 8.94. The molecule has 1 unspecified atom stereocenters. The van der Waals surface area contributed by atoms with E-state index in [9.17, 15) is 19.5 Å². The molecule has 0 aromatic carbocycles. The Labute approximate surface area is 239 Å². The van der Waals surface area contributed by atoms with Crippen LogP contribution in [0.25, 0.3) is 0 Å². The van der Waals surface area contributed by atoms with Crippen LogP contribution in [0.2, 0.25) is 0 Å². The maximum absolute atomic E-state index is 14.1. The molecule has 11 heteroatoms. The van der Waals surface area contributed by atoms with Gasteiger partial charge in [0.15, 0.2) is 23.5 Å². The van der Waals surface area contributed by atoms with Crippen LogP contribution < -0.4 is 10.0 Å². The van der Waals surface area contributed by atoms with Gasteiger partial charge in [0.05, 0.1) is 18.8 Å². The first kappa shape index (κ1) is 29.3. The molecule has 9 atom stereocenters. The number of hydrogen-bond acceptors (Lipinski definition) is 10. The van der Waals surface area contributed by atoms with Crippen molar-refractivity contribution in [1.29, 1.82) is 0 Å². The molecule has 216 valence electrons. The Bertz CT molecular complexity index is 1070. The van der Waals surface area contributed by atoms with Gasteiger partial charge in [-0.3, -0.25) is 14.4 Å². The molecule has 1 aliphatic heterocycles. The zero-order valence-corrected chi connectivity index (χ0v) is 24.5. The van der Waals surface area contributed by atoms with Crippen molar-refractivity contribution in [3.05, 3.63) is 23.8 Å². The molecule has 1 saturated heterocycles. The zero-order valence-electron chi connectivity index (χ0n) is 22.8. The number of carbonyl (C=O) groups excluding carboxylic acids is 3. The Morgan fingerprint density at radius 2 is 2.13 bits per heavy atom. The smallest absolute Gasteiger partial charge is 0.236 e. The molecular weight excluding hydrogens is 540 g/mol. The summed E-state index contributed by atoms with van der Waals surface area (Å²) in [6.45, 7) is 6.02. The fraction of sp³-hybridized carbons (Fsp3) is 0.750. The number of aliphatic hydroxyl groups is 1. The number of thiol groups is 1. The van der Waals surface area contributed by atoms with E-state index < -0.39 is 29.5 Å². The zero-order chi connectivity index (χ0) is 28.0. The molecule has 1 heterocycles. The lowest BCUT2D eigenvalue weighted by Crippen LogP contribution is -2.63. The third kappa shape index (κ3) is 4.75. The molecule has 9 nitrogen and oxygen atoms in total. The number of ketones is 2. The molecule has 3 N–H and O–H groups in total. The first-order chi connectivity index (χ1) is 18.6. The van der Waals surface area contributed by atoms with E-state index in [1.807, 2.05) is 6.08 Å². The number of fused-ring (bicyclic) bond motifs is 7. The molecule has 4 fully saturated rings. The second-order valence-corrected chi connectivity index (χ2v) is 13.1. The normalized spacial score (nSPS) is 42.3. The maximum Gasteiger partial charge on any atom is 0.236 e. The molecule has 1 amide bonds. The summed E-state index contributed by atoms with van der Waals surface area (Å²) in [4.78, 5) is 38.1. The third-order valence-electron chi connectivity index (χ3n) is 10.1. The highest BCUT2D eigenvalue weighted by molar-refractivity contribution is 8.67. The number of ether oxygens (including phenoxy) is 3. The van der Waals surface area contributed by atoms with Crippen molar-refractivity contribution in [3.63, 3.8) is 0 Å². The van der Waals surface area contributed by atoms with Crippen molar-refractivity contribution in [2.75, 3.05) is 19.9 Å². The molecule has 39 heavy (non-hydrogen) atoms. The minimum Gasteiger partial charge on any atom is -0.393 e. The highest BCUT2D eigenvalue weighted by atomic mass is 33.1. The van der Waals surface area contributed by atoms with E-state index in [-0.39, 0.29) is 60.5 Å². The van der Waals surface area contributed by atoms with E-state index in [1.54, 1.807) is 12.2 Å². The molecule has 0 spiro atoms. The summed E-state index contributed by atoms with van der Waals surface area (Å²) in [7, 11) is 1.04. The van der Waals surface area contributed by atoms with E-state index in [4.69, 9.17) is 14.2 Å². The quantitative estimate of drug-likeness (QED) is 0.102. The largest absolute Gasteiger partial charge is 0.393 e. The van der Waals surface area contributed by atoms with Gasteiger partial charge in [0, 0.05) is 16.7 Å². The summed E-state index contributed by atoms with van der Waals surface area (Å²) in [5.74, 6) is -0.249. The fourth-order valence-electron chi connectivity index (χ4n) is 8.55. The van der Waals surface area contributed by atoms with Gasteiger partial charge in [-0.2, -0.15) is 0 Å². The van der Waals surface area contributed by atoms with E-state index >= 15 is 0 Å². The standard InChI is InChI=1S/C28H40N2O7S2/c1-4-5-24-36-22-11-19-18-7-6-16-10-17(31)8-9-26(16,2)25(18)20(32)12-27(19,3)28(22,37-24)21(33)14-35-15-29-23(34)13-30-39-38/h8-10,18-20,22,24-25,30,32,38H,4-7,11-15H2,1-3H3,(H,29,34)/t18-,19-,20-,22+,24?,25+,26-,27-,28+/m0/s1. The molecule has 5 aliphatic rings. The predicted octanol–water partition coefficient (Wildman–Crippen LogP) is 2.90. The van der Waals surface area contributed by atoms with Crippen LogP contribution in [0, 0.1) is 28.6 Å². The van der Waals surface area contributed by atoms with Gasteiger partial charge in [-0.05, 0) is 67.1 Å². The minimum atomic E-state index is -1.23. The van der Waals surface area contributed by atoms with Gasteiger partial charge >= 0.3 is 0 Å². The van der Waals surface area contributed by atoms with Crippen LogP contribution >= 0.6 is 22.6 Å². The van der Waals surface area contributed by atoms with Gasteiger partial charge in [0.2, 0.25) is 5.91 Å². The highest BCUT2D eigenvalue weighted by Crippen LogP contribution is 2.69. The SMILES string of the molecule is CCCC1O[C@@H]2C[C@H]3[C@@H]4CCC5=CC(=O)C=C[C@]5(C)[C@H]4[C@@H](O)C[C@]3(C)[C@]2(C(=O)COCNC(=O)CNSS)O1. The van der Waals surface area contributed by atoms with Crippen molar-refractivity contribution in [3.8, 4) is 0 Å². The van der Waals surface area contributed by atoms with E-state index in [1.165, 1.54) is 0 Å². The van der Waals surface area contributed by atoms with Crippen molar-refractivity contribution in [2.45, 2.75) is 83.4 Å². The summed E-state index contributed by atoms with van der Waals surface area (Å²) in [6.07, 6.45) is 8.05. The highest BCUT2D eigenvalue weighted by Gasteiger charge is 2.75. The molecule has 0 radical (unpaired) electrons. The minimum absolute atomic E-state index is 0.00725. The number of carbonyl (C=O) groups is 3. The van der Waals surface area contributed by atoms with Crippen LogP contribution in [-0.2, 0) is 28.6 Å². The van der Waals surface area contributed by atoms with Gasteiger partial charge in [-0.25, -0.2) is 4.72 Å². The van der Waals surface area contributed by atoms with E-state index in [0.717, 1.165) is 35.8 Å². The van der Waals surface area contributed by atoms with Crippen LogP contribution in [0.15, 0.2) is 23.8 Å². The first-order valence-electron chi connectivity index (χ1n) is 14.0. The van der Waals surface area contributed by atoms with Crippen molar-refractivity contribution in [2.24, 2.45) is 28.6 Å². The molecular formula is C28H40N2O7S2. The van der Waals surface area contributed by atoms with Gasteiger partial charge in [0.25, 0.3) is 0 Å². The number of hydrogen-bond donors (Lipinski definition) is 4. The molecule has 0 bridgehead atoms. The molecule has 4 aliphatic carbocycles. The van der Waals surface area contributed by atoms with Crippen molar-refractivity contribution in [1.82, 2.24) is 10.0 Å². The Morgan fingerprint density at radius 1 is 1.33 bits per heavy atom. The summed E-state index contributed by atoms with van der Waals surface area (Å²) >= 11 is 3.94. The lowest BCUT2D eigenvalue weighted by atomic mass is 9.46. The Hall–Kier alpha value is -1.21. The maximum atomic E-state index is 14.1. The second kappa shape index (κ2) is 11.2. The number of nitrogens with one attached hydrogen (secondary N) is 2. The number of Topliss-reactive ketones (excluding diaryl/α,β-unsaturated/α-hetero) is 1. The Kier molecular flexibility index (Phi) is 8.43. The van der Waals surface area contributed by atoms with Crippen LogP contribution in [0.3, 0.4) is 0 Å². The van der Waals surface area contributed by atoms with Gasteiger partial charge in [0.1, 0.15) is 13.3 Å². The average Bonchev–Trinajstić information content (AvgIpc) is 3.37. The molecule has 0 aromatic heterocycles. The summed E-state index contributed by atoms with van der Waals surface area (Å²) in [5.41, 5.74) is -1.17. The second-order valence-electron chi connectivity index (χ2n) is 12.1. The first-order valence-corrected chi connectivity index (χ1v) is 15.8. The Morgan fingerprint density at radius 3 is 2.87 bits per heavy atom. The molecule has 3 saturated carbocycles. The predicted molar refractivity (Wildman–Crippen MR) is 149 cm³/mol. The van der Waals surface area contributed by atoms with Crippen LogP contribution in [0.1, 0.15) is 59.3 Å². The molecule has 0 aromatic rings. The van der Waals surface area contributed by atoms with Gasteiger partial charge in [-0.15, -0.1) is 0 Å².